The Balaban J connectivity index is 0.000000640. The van der Waals surface area contributed by atoms with Crippen LogP contribution in [0, 0.1) is 5.82 Å². The summed E-state index contributed by atoms with van der Waals surface area (Å²) < 4.78 is 12.0. The Kier molecular flexibility index (Phi) is 3.86. The summed E-state index contributed by atoms with van der Waals surface area (Å²) in [6, 6.07) is 5.32. The molecule has 0 unspecified atom stereocenters. The molecule has 42 valence electrons. The molecule has 0 heterocycles. The van der Waals surface area contributed by atoms with Crippen LogP contribution in [0.5, 0.6) is 5.75 Å². The molecule has 1 rings (SSSR count). The Morgan fingerprint density at radius 2 is 1.78 bits per heavy atom. The van der Waals surface area contributed by atoms with Crippen LogP contribution in [0.2, 0.25) is 0 Å². The van der Waals surface area contributed by atoms with Crippen molar-refractivity contribution >= 4 is 0 Å². The maximum absolute atomic E-state index is 12.0. The fourth-order valence-electron chi connectivity index (χ4n) is 0.445. The van der Waals surface area contributed by atoms with Crippen molar-refractivity contribution in [2.24, 2.45) is 0 Å². The van der Waals surface area contributed by atoms with E-state index in [-0.39, 0.29) is 29.6 Å². The van der Waals surface area contributed by atoms with E-state index in [1.807, 2.05) is 0 Å². The van der Waals surface area contributed by atoms with Crippen molar-refractivity contribution in [3.05, 3.63) is 30.1 Å². The fraction of sp³-hybridized carbons (Fsp3) is 0. The molecule has 0 saturated carbocycles. The van der Waals surface area contributed by atoms with Gasteiger partial charge in [-0.1, -0.05) is 23.9 Å². The van der Waals surface area contributed by atoms with Gasteiger partial charge in [-0.2, -0.15) is 0 Å². The number of hydrogen-bond donors (Lipinski definition) is 0. The summed E-state index contributed by atoms with van der Waals surface area (Å²) in [5.41, 5.74) is 0. The monoisotopic (exact) mass is 134 g/mol. The molecule has 0 spiro atoms. The molecule has 0 bridgehead atoms. The first-order valence-corrected chi connectivity index (χ1v) is 2.22. The molecule has 0 amide bonds. The van der Waals surface area contributed by atoms with Gasteiger partial charge in [-0.05, 0) is 6.07 Å². The van der Waals surface area contributed by atoms with E-state index in [0.29, 0.717) is 0 Å². The molecule has 0 aliphatic heterocycles. The summed E-state index contributed by atoms with van der Waals surface area (Å²) in [4.78, 5) is 0. The zero-order valence-corrected chi connectivity index (χ0v) is 7.10. The number of benzene rings is 1. The van der Waals surface area contributed by atoms with E-state index in [1.165, 1.54) is 18.2 Å². The van der Waals surface area contributed by atoms with E-state index in [0.717, 1.165) is 6.07 Å². The molecule has 3 heteroatoms. The van der Waals surface area contributed by atoms with Gasteiger partial charge in [0, 0.05) is 0 Å². The van der Waals surface area contributed by atoms with E-state index in [1.54, 1.807) is 0 Å². The first kappa shape index (κ1) is 8.95. The number of halogens is 1. The van der Waals surface area contributed by atoms with Crippen molar-refractivity contribution in [3.63, 3.8) is 0 Å². The number of rotatable bonds is 0. The van der Waals surface area contributed by atoms with Crippen LogP contribution in [-0.2, 0) is 0 Å². The zero-order valence-electron chi connectivity index (χ0n) is 5.10. The van der Waals surface area contributed by atoms with Crippen molar-refractivity contribution in [1.29, 1.82) is 0 Å². The molecule has 0 aliphatic rings. The van der Waals surface area contributed by atoms with Gasteiger partial charge in [-0.15, -0.1) is 0 Å². The quantitative estimate of drug-likeness (QED) is 0.373. The first-order valence-electron chi connectivity index (χ1n) is 2.22. The van der Waals surface area contributed by atoms with Crippen LogP contribution in [0.1, 0.15) is 0 Å². The van der Waals surface area contributed by atoms with E-state index in [2.05, 4.69) is 0 Å². The summed E-state index contributed by atoms with van der Waals surface area (Å²) in [6.45, 7) is 0. The summed E-state index contributed by atoms with van der Waals surface area (Å²) in [7, 11) is 0. The number of para-hydroxylation sites is 1. The van der Waals surface area contributed by atoms with Crippen LogP contribution in [-0.4, -0.2) is 0 Å². The maximum Gasteiger partial charge on any atom is 1.00 e. The minimum Gasteiger partial charge on any atom is -0.870 e. The van der Waals surface area contributed by atoms with Crippen LogP contribution in [0.25, 0.3) is 0 Å². The summed E-state index contributed by atoms with van der Waals surface area (Å²) >= 11 is 0. The van der Waals surface area contributed by atoms with Gasteiger partial charge in [0.2, 0.25) is 0 Å². The van der Waals surface area contributed by atoms with E-state index < -0.39 is 11.6 Å². The molecular weight excluding hydrogens is 130 g/mol. The topological polar surface area (TPSA) is 23.1 Å². The first-order chi connectivity index (χ1) is 3.80. The fourth-order valence-corrected chi connectivity index (χ4v) is 0.445. The molecular formula is C6H4FNaO. The molecule has 0 radical (unpaired) electrons. The molecule has 0 saturated heterocycles. The Morgan fingerprint density at radius 3 is 2.11 bits per heavy atom. The summed E-state index contributed by atoms with van der Waals surface area (Å²) in [5, 5.41) is 10.2. The molecule has 0 N–H and O–H groups in total. The van der Waals surface area contributed by atoms with Crippen molar-refractivity contribution in [2.45, 2.75) is 0 Å². The average Bonchev–Trinajstić information content (AvgIpc) is 1.77. The average molecular weight is 134 g/mol. The summed E-state index contributed by atoms with van der Waals surface area (Å²) in [5.74, 6) is -1.24. The standard InChI is InChI=1S/C6H5FO.Na/c7-5-3-1-2-4-6(5)8;/h1-4,8H;/q;+1/p-1. The van der Waals surface area contributed by atoms with Gasteiger partial charge in [0.25, 0.3) is 0 Å². The summed E-state index contributed by atoms with van der Waals surface area (Å²) in [6.07, 6.45) is 0. The molecule has 0 atom stereocenters. The Labute approximate surface area is 74.8 Å². The maximum atomic E-state index is 12.0. The van der Waals surface area contributed by atoms with Gasteiger partial charge in [0.15, 0.2) is 0 Å². The molecule has 0 aromatic heterocycles. The van der Waals surface area contributed by atoms with Gasteiger partial charge in [0.05, 0.1) is 0 Å². The molecule has 1 aromatic rings. The minimum absolute atomic E-state index is 0. The third kappa shape index (κ3) is 2.35. The van der Waals surface area contributed by atoms with Crippen molar-refractivity contribution in [1.82, 2.24) is 0 Å². The molecule has 1 nitrogen and oxygen atoms in total. The predicted molar refractivity (Wildman–Crippen MR) is 25.8 cm³/mol. The van der Waals surface area contributed by atoms with Crippen LogP contribution in [0.15, 0.2) is 24.3 Å². The van der Waals surface area contributed by atoms with Gasteiger partial charge >= 0.3 is 29.6 Å². The molecule has 9 heavy (non-hydrogen) atoms. The van der Waals surface area contributed by atoms with Crippen molar-refractivity contribution in [3.8, 4) is 5.75 Å². The second-order valence-corrected chi connectivity index (χ2v) is 1.43. The third-order valence-corrected chi connectivity index (χ3v) is 0.837. The van der Waals surface area contributed by atoms with Crippen LogP contribution in [0.3, 0.4) is 0 Å². The van der Waals surface area contributed by atoms with Crippen LogP contribution < -0.4 is 34.7 Å². The molecule has 1 aromatic carbocycles. The van der Waals surface area contributed by atoms with Crippen molar-refractivity contribution < 1.29 is 39.1 Å². The minimum atomic E-state index is -0.687. The van der Waals surface area contributed by atoms with Crippen LogP contribution >= 0.6 is 0 Å². The van der Waals surface area contributed by atoms with Crippen LogP contribution in [0.4, 0.5) is 4.39 Å². The van der Waals surface area contributed by atoms with Crippen molar-refractivity contribution in [2.75, 3.05) is 0 Å². The van der Waals surface area contributed by atoms with E-state index in [9.17, 15) is 9.50 Å². The van der Waals surface area contributed by atoms with Gasteiger partial charge in [0.1, 0.15) is 5.82 Å². The van der Waals surface area contributed by atoms with E-state index in [4.69, 9.17) is 0 Å². The van der Waals surface area contributed by atoms with Gasteiger partial charge in [-0.25, -0.2) is 4.39 Å². The van der Waals surface area contributed by atoms with Gasteiger partial charge < -0.3 is 5.11 Å². The Morgan fingerprint density at radius 1 is 1.22 bits per heavy atom. The SMILES string of the molecule is [Na+].[O-]c1ccccc1F. The smallest absolute Gasteiger partial charge is 0.870 e. The second-order valence-electron chi connectivity index (χ2n) is 1.43. The number of hydrogen-bond acceptors (Lipinski definition) is 1. The molecule has 0 fully saturated rings. The van der Waals surface area contributed by atoms with E-state index >= 15 is 0 Å². The normalized spacial score (nSPS) is 8.11. The zero-order chi connectivity index (χ0) is 5.98. The Hall–Kier alpha value is -0.0500. The Bertz CT molecular complexity index is 169. The predicted octanol–water partition coefficient (Wildman–Crippen LogP) is -2.10. The van der Waals surface area contributed by atoms with Gasteiger partial charge in [-0.3, -0.25) is 0 Å². The molecule has 0 aliphatic carbocycles. The second kappa shape index (κ2) is 3.88. The third-order valence-electron chi connectivity index (χ3n) is 0.837. The largest absolute Gasteiger partial charge is 1.00 e.